The summed E-state index contributed by atoms with van der Waals surface area (Å²) < 4.78 is 3.95. The molecule has 37 heavy (non-hydrogen) atoms. The van der Waals surface area contributed by atoms with E-state index in [1.165, 1.54) is 5.69 Å². The predicted octanol–water partition coefficient (Wildman–Crippen LogP) is 4.39. The molecule has 6 rings (SSSR count). The maximum atomic E-state index is 13.4. The van der Waals surface area contributed by atoms with Crippen molar-refractivity contribution in [1.29, 1.82) is 0 Å². The van der Waals surface area contributed by atoms with E-state index >= 15 is 0 Å². The van der Waals surface area contributed by atoms with Crippen molar-refractivity contribution >= 4 is 28.4 Å². The molecule has 188 valence electrons. The van der Waals surface area contributed by atoms with E-state index < -0.39 is 0 Å². The number of aryl methyl sites for hydroxylation is 2. The van der Waals surface area contributed by atoms with Crippen LogP contribution in [0.3, 0.4) is 0 Å². The fourth-order valence-corrected chi connectivity index (χ4v) is 4.99. The van der Waals surface area contributed by atoms with Gasteiger partial charge in [0.1, 0.15) is 11.4 Å². The lowest BCUT2D eigenvalue weighted by molar-refractivity contribution is 0.0728. The second-order valence-corrected chi connectivity index (χ2v) is 9.89. The zero-order chi connectivity index (χ0) is 25.7. The van der Waals surface area contributed by atoms with E-state index in [0.717, 1.165) is 45.5 Å². The SMILES string of the molecule is Cc1cc(Nc2nccc(-c3cn(C)cn3)n2)cc2cc(C(=O)N3CCc4c(cnn4C(C)C)C3)[nH]c12. The molecular weight excluding hydrogens is 466 g/mol. The molecule has 1 aliphatic rings. The zero-order valence-electron chi connectivity index (χ0n) is 21.4. The molecule has 10 heteroatoms. The van der Waals surface area contributed by atoms with Gasteiger partial charge in [0.25, 0.3) is 5.91 Å². The summed E-state index contributed by atoms with van der Waals surface area (Å²) in [4.78, 5) is 32.0. The van der Waals surface area contributed by atoms with Crippen LogP contribution in [0.2, 0.25) is 0 Å². The summed E-state index contributed by atoms with van der Waals surface area (Å²) in [6, 6.07) is 8.11. The quantitative estimate of drug-likeness (QED) is 0.374. The van der Waals surface area contributed by atoms with Crippen molar-refractivity contribution in [1.82, 2.24) is 39.2 Å². The molecule has 0 aliphatic carbocycles. The number of aromatic amines is 1. The molecule has 0 fully saturated rings. The van der Waals surface area contributed by atoms with Crippen molar-refractivity contribution in [3.8, 4) is 11.4 Å². The van der Waals surface area contributed by atoms with Gasteiger partial charge in [-0.1, -0.05) is 0 Å². The zero-order valence-corrected chi connectivity index (χ0v) is 21.4. The molecule has 4 aromatic heterocycles. The van der Waals surface area contributed by atoms with Gasteiger partial charge >= 0.3 is 0 Å². The van der Waals surface area contributed by atoms with Crippen LogP contribution in [0.15, 0.2) is 49.2 Å². The highest BCUT2D eigenvalue weighted by molar-refractivity contribution is 5.99. The third-order valence-electron chi connectivity index (χ3n) is 6.78. The molecule has 5 aromatic rings. The Kier molecular flexibility index (Phi) is 5.51. The van der Waals surface area contributed by atoms with E-state index in [9.17, 15) is 4.79 Å². The number of imidazole rings is 1. The Labute approximate surface area is 214 Å². The van der Waals surface area contributed by atoms with Crippen LogP contribution in [0.4, 0.5) is 11.6 Å². The van der Waals surface area contributed by atoms with Crippen molar-refractivity contribution in [3.05, 3.63) is 71.7 Å². The first-order chi connectivity index (χ1) is 17.9. The average molecular weight is 496 g/mol. The number of H-pyrrole nitrogens is 1. The molecule has 0 saturated heterocycles. The Bertz CT molecular complexity index is 1620. The number of amides is 1. The second-order valence-electron chi connectivity index (χ2n) is 9.89. The maximum absolute atomic E-state index is 13.4. The lowest BCUT2D eigenvalue weighted by Gasteiger charge is -2.27. The van der Waals surface area contributed by atoms with E-state index in [2.05, 4.69) is 48.9 Å². The van der Waals surface area contributed by atoms with Gasteiger partial charge in [0.15, 0.2) is 0 Å². The van der Waals surface area contributed by atoms with Gasteiger partial charge in [0, 0.05) is 72.8 Å². The van der Waals surface area contributed by atoms with Gasteiger partial charge < -0.3 is 19.8 Å². The second kappa shape index (κ2) is 8.88. The van der Waals surface area contributed by atoms with Crippen molar-refractivity contribution < 1.29 is 4.79 Å². The number of aromatic nitrogens is 7. The summed E-state index contributed by atoms with van der Waals surface area (Å²) in [5, 5.41) is 8.79. The number of rotatable bonds is 5. The van der Waals surface area contributed by atoms with Crippen molar-refractivity contribution in [3.63, 3.8) is 0 Å². The molecule has 2 N–H and O–H groups in total. The minimum atomic E-state index is -0.000508. The normalized spacial score (nSPS) is 13.4. The topological polar surface area (TPSA) is 110 Å². The number of nitrogens with zero attached hydrogens (tertiary/aromatic N) is 7. The fraction of sp³-hybridized carbons (Fsp3) is 0.296. The van der Waals surface area contributed by atoms with Crippen LogP contribution in [0.1, 0.15) is 47.2 Å². The standard InChI is InChI=1S/C27H29N9O/c1-16(2)36-24-6-8-35(13-19(24)12-30-36)26(37)22-11-18-10-20(9-17(3)25(18)32-22)31-27-28-7-5-21(33-27)23-14-34(4)15-29-23/h5,7,9-12,14-16,32H,6,8,13H2,1-4H3,(H,28,31,33). The van der Waals surface area contributed by atoms with Gasteiger partial charge in [-0.15, -0.1) is 0 Å². The van der Waals surface area contributed by atoms with E-state index in [4.69, 9.17) is 0 Å². The minimum Gasteiger partial charge on any atom is -0.350 e. The summed E-state index contributed by atoms with van der Waals surface area (Å²) in [6.07, 6.45) is 8.08. The molecule has 0 unspecified atom stereocenters. The maximum Gasteiger partial charge on any atom is 0.270 e. The van der Waals surface area contributed by atoms with Crippen LogP contribution >= 0.6 is 0 Å². The van der Waals surface area contributed by atoms with E-state index in [1.807, 2.05) is 60.1 Å². The summed E-state index contributed by atoms with van der Waals surface area (Å²) >= 11 is 0. The number of anilines is 2. The molecule has 1 aliphatic heterocycles. The van der Waals surface area contributed by atoms with E-state index in [0.29, 0.717) is 30.8 Å². The molecule has 0 atom stereocenters. The number of hydrogen-bond acceptors (Lipinski definition) is 6. The van der Waals surface area contributed by atoms with Gasteiger partial charge in [-0.05, 0) is 50.6 Å². The number of carbonyl (C=O) groups excluding carboxylic acids is 1. The van der Waals surface area contributed by atoms with Crippen LogP contribution in [-0.2, 0) is 20.0 Å². The molecule has 0 radical (unpaired) electrons. The van der Waals surface area contributed by atoms with Crippen LogP contribution in [0.5, 0.6) is 0 Å². The predicted molar refractivity (Wildman–Crippen MR) is 142 cm³/mol. The van der Waals surface area contributed by atoms with Gasteiger partial charge in [-0.25, -0.2) is 15.0 Å². The Morgan fingerprint density at radius 2 is 2.03 bits per heavy atom. The van der Waals surface area contributed by atoms with E-state index in [1.54, 1.807) is 12.5 Å². The van der Waals surface area contributed by atoms with Gasteiger partial charge in [0.05, 0.1) is 18.2 Å². The Morgan fingerprint density at radius 3 is 2.81 bits per heavy atom. The lowest BCUT2D eigenvalue weighted by Crippen LogP contribution is -2.36. The monoisotopic (exact) mass is 495 g/mol. The van der Waals surface area contributed by atoms with Gasteiger partial charge in [-0.3, -0.25) is 9.48 Å². The summed E-state index contributed by atoms with van der Waals surface area (Å²) in [5.41, 5.74) is 7.30. The molecular formula is C27H29N9O. The van der Waals surface area contributed by atoms with Crippen molar-refractivity contribution in [2.75, 3.05) is 11.9 Å². The average Bonchev–Trinajstić information content (AvgIpc) is 3.61. The summed E-state index contributed by atoms with van der Waals surface area (Å²) in [7, 11) is 1.92. The molecule has 1 aromatic carbocycles. The molecule has 5 heterocycles. The lowest BCUT2D eigenvalue weighted by atomic mass is 10.1. The highest BCUT2D eigenvalue weighted by Crippen LogP contribution is 2.28. The van der Waals surface area contributed by atoms with E-state index in [-0.39, 0.29) is 5.91 Å². The molecule has 10 nitrogen and oxygen atoms in total. The molecule has 0 saturated carbocycles. The van der Waals surface area contributed by atoms with Crippen molar-refractivity contribution in [2.24, 2.45) is 7.05 Å². The number of benzene rings is 1. The first-order valence-electron chi connectivity index (χ1n) is 12.4. The Hall–Kier alpha value is -4.47. The number of carbonyl (C=O) groups is 1. The molecule has 1 amide bonds. The van der Waals surface area contributed by atoms with Crippen LogP contribution in [0.25, 0.3) is 22.3 Å². The first-order valence-corrected chi connectivity index (χ1v) is 12.4. The fourth-order valence-electron chi connectivity index (χ4n) is 4.99. The summed E-state index contributed by atoms with van der Waals surface area (Å²) in [6.45, 7) is 7.53. The Morgan fingerprint density at radius 1 is 1.16 bits per heavy atom. The number of hydrogen-bond donors (Lipinski definition) is 2. The number of nitrogens with one attached hydrogen (secondary N) is 2. The highest BCUT2D eigenvalue weighted by Gasteiger charge is 2.26. The van der Waals surface area contributed by atoms with Gasteiger partial charge in [-0.2, -0.15) is 5.10 Å². The van der Waals surface area contributed by atoms with Crippen molar-refractivity contribution in [2.45, 2.75) is 39.8 Å². The summed E-state index contributed by atoms with van der Waals surface area (Å²) in [5.74, 6) is 0.485. The number of fused-ring (bicyclic) bond motifs is 2. The molecule has 0 spiro atoms. The van der Waals surface area contributed by atoms with Crippen LogP contribution < -0.4 is 5.32 Å². The van der Waals surface area contributed by atoms with Crippen LogP contribution in [-0.4, -0.2) is 51.6 Å². The third kappa shape index (κ3) is 4.24. The first kappa shape index (κ1) is 23.0. The minimum absolute atomic E-state index is 0.000508. The van der Waals surface area contributed by atoms with Gasteiger partial charge in [0.2, 0.25) is 5.95 Å². The smallest absolute Gasteiger partial charge is 0.270 e. The third-order valence-corrected chi connectivity index (χ3v) is 6.78. The largest absolute Gasteiger partial charge is 0.350 e. The van der Waals surface area contributed by atoms with Crippen LogP contribution in [0, 0.1) is 6.92 Å². The molecule has 0 bridgehead atoms. The Balaban J connectivity index is 1.23. The highest BCUT2D eigenvalue weighted by atomic mass is 16.2.